The molecule has 1 saturated carbocycles. The number of pyridine rings is 1. The Morgan fingerprint density at radius 1 is 1.44 bits per heavy atom. The first-order chi connectivity index (χ1) is 8.67. The van der Waals surface area contributed by atoms with E-state index >= 15 is 0 Å². The molecule has 98 valence electrons. The first-order valence-electron chi connectivity index (χ1n) is 6.32. The molecule has 18 heavy (non-hydrogen) atoms. The number of nitrogens with two attached hydrogens (primary N) is 1. The summed E-state index contributed by atoms with van der Waals surface area (Å²) in [7, 11) is 0. The van der Waals surface area contributed by atoms with Crippen molar-refractivity contribution in [2.45, 2.75) is 37.6 Å². The van der Waals surface area contributed by atoms with Gasteiger partial charge in [-0.2, -0.15) is 0 Å². The minimum Gasteiger partial charge on any atom is -0.505 e. The number of nitrogens with one attached hydrogen (secondary N) is 1. The number of carbonyl (C=O) groups is 1. The highest BCUT2D eigenvalue weighted by molar-refractivity contribution is 5.97. The third-order valence-corrected chi connectivity index (χ3v) is 3.62. The van der Waals surface area contributed by atoms with E-state index in [4.69, 9.17) is 5.73 Å². The molecule has 5 heteroatoms. The van der Waals surface area contributed by atoms with Crippen LogP contribution in [-0.4, -0.2) is 28.1 Å². The molecule has 1 aromatic heterocycles. The van der Waals surface area contributed by atoms with Crippen LogP contribution < -0.4 is 11.1 Å². The summed E-state index contributed by atoms with van der Waals surface area (Å²) in [4.78, 5) is 15.9. The van der Waals surface area contributed by atoms with Crippen LogP contribution in [-0.2, 0) is 0 Å². The number of amides is 1. The minimum absolute atomic E-state index is 0.0991. The van der Waals surface area contributed by atoms with E-state index in [-0.39, 0.29) is 22.8 Å². The van der Waals surface area contributed by atoms with Gasteiger partial charge in [-0.25, -0.2) is 0 Å². The van der Waals surface area contributed by atoms with Crippen LogP contribution in [0.25, 0.3) is 0 Å². The minimum atomic E-state index is -0.314. The fourth-order valence-electron chi connectivity index (χ4n) is 2.50. The van der Waals surface area contributed by atoms with Crippen LogP contribution in [0, 0.1) is 0 Å². The van der Waals surface area contributed by atoms with Crippen LogP contribution in [0.3, 0.4) is 0 Å². The molecule has 1 fully saturated rings. The zero-order chi connectivity index (χ0) is 13.0. The van der Waals surface area contributed by atoms with Crippen LogP contribution in [0.5, 0.6) is 5.75 Å². The van der Waals surface area contributed by atoms with Gasteiger partial charge in [0, 0.05) is 12.7 Å². The van der Waals surface area contributed by atoms with E-state index in [1.165, 1.54) is 24.9 Å². The molecular formula is C13H19N3O2. The monoisotopic (exact) mass is 249 g/mol. The van der Waals surface area contributed by atoms with Crippen molar-refractivity contribution in [2.24, 2.45) is 5.73 Å². The maximum absolute atomic E-state index is 12.1. The summed E-state index contributed by atoms with van der Waals surface area (Å²) in [6.07, 6.45) is 7.93. The third-order valence-electron chi connectivity index (χ3n) is 3.62. The predicted octanol–water partition coefficient (Wildman–Crippen LogP) is 1.18. The molecule has 4 N–H and O–H groups in total. The fraction of sp³-hybridized carbons (Fsp3) is 0.538. The number of hydrogen-bond donors (Lipinski definition) is 3. The van der Waals surface area contributed by atoms with Crippen molar-refractivity contribution in [3.05, 3.63) is 24.0 Å². The summed E-state index contributed by atoms with van der Waals surface area (Å²) in [5.41, 5.74) is 5.75. The normalized spacial score (nSPS) is 18.3. The molecule has 1 aromatic rings. The van der Waals surface area contributed by atoms with Gasteiger partial charge < -0.3 is 16.2 Å². The van der Waals surface area contributed by atoms with Crippen molar-refractivity contribution in [1.82, 2.24) is 10.3 Å². The van der Waals surface area contributed by atoms with E-state index in [1.54, 1.807) is 0 Å². The summed E-state index contributed by atoms with van der Waals surface area (Å²) in [6.45, 7) is 0.435. The number of aromatic nitrogens is 1. The van der Waals surface area contributed by atoms with Gasteiger partial charge in [0.25, 0.3) is 5.91 Å². The highest BCUT2D eigenvalue weighted by Gasteiger charge is 2.32. The lowest BCUT2D eigenvalue weighted by Gasteiger charge is -2.37. The first kappa shape index (κ1) is 12.8. The standard InChI is InChI=1S/C13H19N3O2/c14-9-13(5-2-1-3-6-13)16-12(18)10-4-7-15-8-11(10)17/h4,7-8,17H,1-3,5-6,9,14H2,(H,16,18). The molecule has 5 nitrogen and oxygen atoms in total. The van der Waals surface area contributed by atoms with Crippen LogP contribution >= 0.6 is 0 Å². The Morgan fingerprint density at radius 2 is 2.17 bits per heavy atom. The van der Waals surface area contributed by atoms with Gasteiger partial charge in [0.2, 0.25) is 0 Å². The zero-order valence-corrected chi connectivity index (χ0v) is 10.4. The summed E-state index contributed by atoms with van der Waals surface area (Å²) < 4.78 is 0. The highest BCUT2D eigenvalue weighted by atomic mass is 16.3. The molecule has 0 aromatic carbocycles. The van der Waals surface area contributed by atoms with Gasteiger partial charge in [0.15, 0.2) is 0 Å². The quantitative estimate of drug-likeness (QED) is 0.750. The molecule has 2 rings (SSSR count). The average molecular weight is 249 g/mol. The second kappa shape index (κ2) is 5.35. The van der Waals surface area contributed by atoms with Gasteiger partial charge in [0.05, 0.1) is 17.3 Å². The van der Waals surface area contributed by atoms with E-state index in [0.717, 1.165) is 25.7 Å². The smallest absolute Gasteiger partial charge is 0.255 e. The SMILES string of the molecule is NCC1(NC(=O)c2ccncc2O)CCCCC1. The van der Waals surface area contributed by atoms with E-state index in [0.29, 0.717) is 6.54 Å². The van der Waals surface area contributed by atoms with Gasteiger partial charge in [-0.1, -0.05) is 19.3 Å². The van der Waals surface area contributed by atoms with Crippen molar-refractivity contribution in [2.75, 3.05) is 6.54 Å². The molecule has 0 atom stereocenters. The Bertz CT molecular complexity index is 428. The molecule has 1 heterocycles. The Kier molecular flexibility index (Phi) is 3.81. The zero-order valence-electron chi connectivity index (χ0n) is 10.4. The fourth-order valence-corrected chi connectivity index (χ4v) is 2.50. The third kappa shape index (κ3) is 2.61. The lowest BCUT2D eigenvalue weighted by atomic mass is 9.81. The second-order valence-electron chi connectivity index (χ2n) is 4.89. The summed E-state index contributed by atoms with van der Waals surface area (Å²) in [5, 5.41) is 12.6. The number of rotatable bonds is 3. The molecule has 1 amide bonds. The molecular weight excluding hydrogens is 230 g/mol. The van der Waals surface area contributed by atoms with Crippen LogP contribution in [0.15, 0.2) is 18.5 Å². The van der Waals surface area contributed by atoms with Crippen molar-refractivity contribution >= 4 is 5.91 Å². The van der Waals surface area contributed by atoms with E-state index in [1.807, 2.05) is 0 Å². The maximum atomic E-state index is 12.1. The molecule has 0 spiro atoms. The molecule has 0 aliphatic heterocycles. The highest BCUT2D eigenvalue weighted by Crippen LogP contribution is 2.28. The van der Waals surface area contributed by atoms with Gasteiger partial charge in [0.1, 0.15) is 5.75 Å². The van der Waals surface area contributed by atoms with Crippen molar-refractivity contribution in [1.29, 1.82) is 0 Å². The van der Waals surface area contributed by atoms with Crippen molar-refractivity contribution in [3.63, 3.8) is 0 Å². The van der Waals surface area contributed by atoms with E-state index in [9.17, 15) is 9.90 Å². The molecule has 1 aliphatic rings. The van der Waals surface area contributed by atoms with Gasteiger partial charge >= 0.3 is 0 Å². The molecule has 0 radical (unpaired) electrons. The Balaban J connectivity index is 2.13. The number of nitrogens with zero attached hydrogens (tertiary/aromatic N) is 1. The predicted molar refractivity (Wildman–Crippen MR) is 68.2 cm³/mol. The van der Waals surface area contributed by atoms with E-state index in [2.05, 4.69) is 10.3 Å². The molecule has 0 unspecified atom stereocenters. The van der Waals surface area contributed by atoms with E-state index < -0.39 is 0 Å². The Morgan fingerprint density at radius 3 is 2.78 bits per heavy atom. The number of carbonyl (C=O) groups excluding carboxylic acids is 1. The lowest BCUT2D eigenvalue weighted by Crippen LogP contribution is -2.54. The van der Waals surface area contributed by atoms with Crippen molar-refractivity contribution < 1.29 is 9.90 Å². The first-order valence-corrected chi connectivity index (χ1v) is 6.32. The molecule has 0 saturated heterocycles. The van der Waals surface area contributed by atoms with Gasteiger partial charge in [-0.3, -0.25) is 9.78 Å². The Labute approximate surface area is 106 Å². The Hall–Kier alpha value is -1.62. The van der Waals surface area contributed by atoms with Gasteiger partial charge in [-0.15, -0.1) is 0 Å². The summed E-state index contributed by atoms with van der Waals surface area (Å²) >= 11 is 0. The van der Waals surface area contributed by atoms with Crippen LogP contribution in [0.1, 0.15) is 42.5 Å². The number of hydrogen-bond acceptors (Lipinski definition) is 4. The topological polar surface area (TPSA) is 88.2 Å². The lowest BCUT2D eigenvalue weighted by molar-refractivity contribution is 0.0872. The van der Waals surface area contributed by atoms with Crippen LogP contribution in [0.4, 0.5) is 0 Å². The largest absolute Gasteiger partial charge is 0.505 e. The second-order valence-corrected chi connectivity index (χ2v) is 4.89. The van der Waals surface area contributed by atoms with Gasteiger partial charge in [-0.05, 0) is 18.9 Å². The average Bonchev–Trinajstić information content (AvgIpc) is 2.40. The summed E-state index contributed by atoms with van der Waals surface area (Å²) in [6, 6.07) is 1.51. The summed E-state index contributed by atoms with van der Waals surface area (Å²) in [5.74, 6) is -0.375. The molecule has 1 aliphatic carbocycles. The maximum Gasteiger partial charge on any atom is 0.255 e. The molecule has 0 bridgehead atoms. The number of aromatic hydroxyl groups is 1. The van der Waals surface area contributed by atoms with Crippen molar-refractivity contribution in [3.8, 4) is 5.75 Å². The van der Waals surface area contributed by atoms with Crippen LogP contribution in [0.2, 0.25) is 0 Å².